The highest BCUT2D eigenvalue weighted by Gasteiger charge is 2.02. The standard InChI is InChI=1S/C9H15ClN2/c1-3-12-7-11-6-9(12)5-4-8(2)10/h6-8H,3-5H2,1-2H3. The second-order valence-electron chi connectivity index (χ2n) is 2.99. The third-order valence-electron chi connectivity index (χ3n) is 1.94. The first-order valence-electron chi connectivity index (χ1n) is 4.37. The van der Waals surface area contributed by atoms with Gasteiger partial charge in [0, 0.05) is 23.8 Å². The largest absolute Gasteiger partial charge is 0.335 e. The third-order valence-corrected chi connectivity index (χ3v) is 2.16. The van der Waals surface area contributed by atoms with Crippen molar-refractivity contribution in [3.8, 4) is 0 Å². The maximum absolute atomic E-state index is 5.86. The Balaban J connectivity index is 2.50. The van der Waals surface area contributed by atoms with Gasteiger partial charge in [-0.3, -0.25) is 0 Å². The third kappa shape index (κ3) is 2.52. The molecular weight excluding hydrogens is 172 g/mol. The van der Waals surface area contributed by atoms with E-state index in [1.165, 1.54) is 5.69 Å². The summed E-state index contributed by atoms with van der Waals surface area (Å²) in [7, 11) is 0. The molecule has 68 valence electrons. The molecule has 1 aromatic rings. The second kappa shape index (κ2) is 4.51. The molecule has 1 unspecified atom stereocenters. The summed E-state index contributed by atoms with van der Waals surface area (Å²) in [5.74, 6) is 0. The summed E-state index contributed by atoms with van der Waals surface area (Å²) < 4.78 is 2.15. The average Bonchev–Trinajstić information content (AvgIpc) is 2.47. The molecule has 0 amide bonds. The molecule has 0 saturated heterocycles. The smallest absolute Gasteiger partial charge is 0.0948 e. The number of aromatic nitrogens is 2. The lowest BCUT2D eigenvalue weighted by molar-refractivity contribution is 0.680. The van der Waals surface area contributed by atoms with Crippen LogP contribution in [0.25, 0.3) is 0 Å². The minimum atomic E-state index is 0.255. The van der Waals surface area contributed by atoms with Gasteiger partial charge >= 0.3 is 0 Å². The van der Waals surface area contributed by atoms with Crippen LogP contribution >= 0.6 is 11.6 Å². The van der Waals surface area contributed by atoms with E-state index in [2.05, 4.69) is 16.5 Å². The predicted octanol–water partition coefficient (Wildman–Crippen LogP) is 2.46. The van der Waals surface area contributed by atoms with Crippen LogP contribution in [0.2, 0.25) is 0 Å². The molecule has 0 N–H and O–H groups in total. The molecule has 0 aliphatic rings. The van der Waals surface area contributed by atoms with Crippen molar-refractivity contribution in [3.05, 3.63) is 18.2 Å². The zero-order valence-electron chi connectivity index (χ0n) is 7.63. The molecule has 0 bridgehead atoms. The number of aryl methyl sites for hydroxylation is 2. The van der Waals surface area contributed by atoms with Gasteiger partial charge in [0.1, 0.15) is 0 Å². The van der Waals surface area contributed by atoms with E-state index < -0.39 is 0 Å². The maximum Gasteiger partial charge on any atom is 0.0948 e. The molecule has 0 aromatic carbocycles. The van der Waals surface area contributed by atoms with Crippen LogP contribution in [0, 0.1) is 0 Å². The molecule has 1 rings (SSSR count). The van der Waals surface area contributed by atoms with Crippen molar-refractivity contribution in [1.82, 2.24) is 9.55 Å². The van der Waals surface area contributed by atoms with Gasteiger partial charge in [0.2, 0.25) is 0 Å². The fraction of sp³-hybridized carbons (Fsp3) is 0.667. The van der Waals surface area contributed by atoms with Crippen molar-refractivity contribution >= 4 is 11.6 Å². The Kier molecular flexibility index (Phi) is 3.60. The van der Waals surface area contributed by atoms with E-state index in [-0.39, 0.29) is 5.38 Å². The van der Waals surface area contributed by atoms with Crippen LogP contribution in [0.15, 0.2) is 12.5 Å². The Morgan fingerprint density at radius 3 is 3.00 bits per heavy atom. The van der Waals surface area contributed by atoms with Crippen LogP contribution in [0.3, 0.4) is 0 Å². The van der Waals surface area contributed by atoms with Gasteiger partial charge in [-0.1, -0.05) is 0 Å². The zero-order chi connectivity index (χ0) is 8.97. The van der Waals surface area contributed by atoms with Gasteiger partial charge in [-0.2, -0.15) is 0 Å². The topological polar surface area (TPSA) is 17.8 Å². The van der Waals surface area contributed by atoms with Crippen molar-refractivity contribution in [3.63, 3.8) is 0 Å². The number of alkyl halides is 1. The minimum Gasteiger partial charge on any atom is -0.335 e. The van der Waals surface area contributed by atoms with Crippen LogP contribution in [-0.2, 0) is 13.0 Å². The van der Waals surface area contributed by atoms with Crippen LogP contribution in [0.4, 0.5) is 0 Å². The molecule has 0 aliphatic heterocycles. The van der Waals surface area contributed by atoms with E-state index in [9.17, 15) is 0 Å². The van der Waals surface area contributed by atoms with Gasteiger partial charge in [-0.15, -0.1) is 11.6 Å². The van der Waals surface area contributed by atoms with Crippen molar-refractivity contribution in [2.24, 2.45) is 0 Å². The predicted molar refractivity (Wildman–Crippen MR) is 51.5 cm³/mol. The molecule has 1 atom stereocenters. The Morgan fingerprint density at radius 2 is 2.42 bits per heavy atom. The summed E-state index contributed by atoms with van der Waals surface area (Å²) in [4.78, 5) is 4.09. The summed E-state index contributed by atoms with van der Waals surface area (Å²) in [5.41, 5.74) is 1.28. The molecule has 0 radical (unpaired) electrons. The Morgan fingerprint density at radius 1 is 1.67 bits per heavy atom. The molecule has 0 saturated carbocycles. The van der Waals surface area contributed by atoms with Gasteiger partial charge in [-0.25, -0.2) is 4.98 Å². The van der Waals surface area contributed by atoms with Crippen LogP contribution in [0.5, 0.6) is 0 Å². The second-order valence-corrected chi connectivity index (χ2v) is 3.74. The van der Waals surface area contributed by atoms with E-state index in [1.54, 1.807) is 0 Å². The van der Waals surface area contributed by atoms with Crippen molar-refractivity contribution in [2.75, 3.05) is 0 Å². The molecule has 1 heterocycles. The Labute approximate surface area is 78.6 Å². The average molecular weight is 187 g/mol. The highest BCUT2D eigenvalue weighted by atomic mass is 35.5. The highest BCUT2D eigenvalue weighted by Crippen LogP contribution is 2.08. The fourth-order valence-electron chi connectivity index (χ4n) is 1.19. The molecule has 1 aromatic heterocycles. The van der Waals surface area contributed by atoms with E-state index in [4.69, 9.17) is 11.6 Å². The number of nitrogens with zero attached hydrogens (tertiary/aromatic N) is 2. The number of hydrogen-bond donors (Lipinski definition) is 0. The van der Waals surface area contributed by atoms with Crippen molar-refractivity contribution in [1.29, 1.82) is 0 Å². The van der Waals surface area contributed by atoms with E-state index in [0.717, 1.165) is 19.4 Å². The van der Waals surface area contributed by atoms with Crippen LogP contribution in [-0.4, -0.2) is 14.9 Å². The van der Waals surface area contributed by atoms with E-state index in [1.807, 2.05) is 19.4 Å². The zero-order valence-corrected chi connectivity index (χ0v) is 8.38. The van der Waals surface area contributed by atoms with Gasteiger partial charge in [-0.05, 0) is 26.7 Å². The Bertz CT molecular complexity index is 230. The maximum atomic E-state index is 5.86. The van der Waals surface area contributed by atoms with E-state index in [0.29, 0.717) is 0 Å². The first-order chi connectivity index (χ1) is 5.74. The summed E-state index contributed by atoms with van der Waals surface area (Å²) in [6.45, 7) is 5.13. The Hall–Kier alpha value is -0.500. The number of rotatable bonds is 4. The number of halogens is 1. The van der Waals surface area contributed by atoms with Crippen molar-refractivity contribution < 1.29 is 0 Å². The minimum absolute atomic E-state index is 0.255. The lowest BCUT2D eigenvalue weighted by Gasteiger charge is -2.05. The summed E-state index contributed by atoms with van der Waals surface area (Å²) in [6, 6.07) is 0. The molecular formula is C9H15ClN2. The summed E-state index contributed by atoms with van der Waals surface area (Å²) in [6.07, 6.45) is 5.84. The summed E-state index contributed by atoms with van der Waals surface area (Å²) >= 11 is 5.86. The monoisotopic (exact) mass is 186 g/mol. The van der Waals surface area contributed by atoms with Gasteiger partial charge < -0.3 is 4.57 Å². The molecule has 2 nitrogen and oxygen atoms in total. The normalized spacial score (nSPS) is 13.2. The quantitative estimate of drug-likeness (QED) is 0.661. The van der Waals surface area contributed by atoms with Crippen molar-refractivity contribution in [2.45, 2.75) is 38.6 Å². The number of hydrogen-bond acceptors (Lipinski definition) is 1. The van der Waals surface area contributed by atoms with E-state index >= 15 is 0 Å². The number of imidazole rings is 1. The highest BCUT2D eigenvalue weighted by molar-refractivity contribution is 6.20. The van der Waals surface area contributed by atoms with Gasteiger partial charge in [0.15, 0.2) is 0 Å². The molecule has 12 heavy (non-hydrogen) atoms. The SMILES string of the molecule is CCn1cncc1CCC(C)Cl. The molecule has 0 aliphatic carbocycles. The molecule has 0 fully saturated rings. The molecule has 0 spiro atoms. The summed E-state index contributed by atoms with van der Waals surface area (Å²) in [5, 5.41) is 0.255. The first-order valence-corrected chi connectivity index (χ1v) is 4.80. The lowest BCUT2D eigenvalue weighted by Crippen LogP contribution is -2.02. The van der Waals surface area contributed by atoms with Crippen LogP contribution < -0.4 is 0 Å². The molecule has 3 heteroatoms. The van der Waals surface area contributed by atoms with Gasteiger partial charge in [0.25, 0.3) is 0 Å². The fourth-order valence-corrected chi connectivity index (χ4v) is 1.30. The first kappa shape index (κ1) is 9.59. The van der Waals surface area contributed by atoms with Gasteiger partial charge in [0.05, 0.1) is 6.33 Å². The lowest BCUT2D eigenvalue weighted by atomic mass is 10.2. The van der Waals surface area contributed by atoms with Crippen LogP contribution in [0.1, 0.15) is 26.0 Å².